The van der Waals surface area contributed by atoms with Crippen molar-refractivity contribution in [2.24, 2.45) is 5.73 Å². The van der Waals surface area contributed by atoms with Gasteiger partial charge in [-0.1, -0.05) is 0 Å². The van der Waals surface area contributed by atoms with Gasteiger partial charge in [0.15, 0.2) is 5.82 Å². The van der Waals surface area contributed by atoms with Gasteiger partial charge in [0.1, 0.15) is 5.69 Å². The van der Waals surface area contributed by atoms with Crippen molar-refractivity contribution >= 4 is 17.4 Å². The highest BCUT2D eigenvalue weighted by molar-refractivity contribution is 5.91. The Hall–Kier alpha value is -1.78. The molecule has 5 N–H and O–H groups in total. The summed E-state index contributed by atoms with van der Waals surface area (Å²) in [6.45, 7) is 2.09. The summed E-state index contributed by atoms with van der Waals surface area (Å²) >= 11 is 0. The minimum Gasteiger partial charge on any atom is -0.396 e. The first-order valence-corrected chi connectivity index (χ1v) is 4.85. The number of nitrogens with one attached hydrogen (secondary N) is 1. The van der Waals surface area contributed by atoms with Crippen molar-refractivity contribution in [1.29, 1.82) is 0 Å². The van der Waals surface area contributed by atoms with E-state index in [0.717, 1.165) is 12.8 Å². The lowest BCUT2D eigenvalue weighted by Crippen LogP contribution is -2.20. The van der Waals surface area contributed by atoms with Crippen LogP contribution in [-0.4, -0.2) is 16.4 Å². The minimum atomic E-state index is -0.543. The highest BCUT2D eigenvalue weighted by atomic mass is 16.1. The molecule has 1 fully saturated rings. The molecule has 0 unspecified atom stereocenters. The van der Waals surface area contributed by atoms with Gasteiger partial charge in [-0.3, -0.25) is 4.79 Å². The zero-order valence-corrected chi connectivity index (χ0v) is 8.58. The van der Waals surface area contributed by atoms with Gasteiger partial charge in [0.2, 0.25) is 0 Å². The summed E-state index contributed by atoms with van der Waals surface area (Å²) in [5.41, 5.74) is 11.7. The quantitative estimate of drug-likeness (QED) is 0.679. The zero-order valence-electron chi connectivity index (χ0n) is 8.58. The van der Waals surface area contributed by atoms with Crippen LogP contribution >= 0.6 is 0 Å². The number of nitrogen functional groups attached to an aromatic ring is 1. The summed E-state index contributed by atoms with van der Waals surface area (Å²) in [6.07, 6.45) is 2.18. The number of nitrogens with zero attached hydrogens (tertiary/aromatic N) is 1. The van der Waals surface area contributed by atoms with Crippen LogP contribution in [0.1, 0.15) is 30.3 Å². The van der Waals surface area contributed by atoms with Crippen molar-refractivity contribution in [2.75, 3.05) is 11.1 Å². The van der Waals surface area contributed by atoms with Crippen LogP contribution in [0, 0.1) is 0 Å². The Bertz CT molecular complexity index is 412. The van der Waals surface area contributed by atoms with Gasteiger partial charge in [-0.2, -0.15) is 0 Å². The van der Waals surface area contributed by atoms with Crippen LogP contribution in [0.25, 0.3) is 0 Å². The van der Waals surface area contributed by atoms with Crippen LogP contribution in [0.2, 0.25) is 0 Å². The van der Waals surface area contributed by atoms with E-state index < -0.39 is 5.91 Å². The van der Waals surface area contributed by atoms with Crippen molar-refractivity contribution in [3.8, 4) is 0 Å². The summed E-state index contributed by atoms with van der Waals surface area (Å²) in [7, 11) is 0. The highest BCUT2D eigenvalue weighted by Gasteiger charge is 2.37. The maximum absolute atomic E-state index is 10.9. The standard InChI is InChI=1S/C10H14N4O/c1-10(4-5-10)14-9-6(11)2-3-7(13-9)8(12)15/h2-3H,4-5,11H2,1H3,(H2,12,15)(H,13,14). The topological polar surface area (TPSA) is 94.0 Å². The van der Waals surface area contributed by atoms with Gasteiger partial charge < -0.3 is 16.8 Å². The molecule has 1 aliphatic rings. The molecule has 0 aromatic carbocycles. The molecule has 0 saturated heterocycles. The summed E-state index contributed by atoms with van der Waals surface area (Å²) in [5.74, 6) is 0.00491. The van der Waals surface area contributed by atoms with E-state index in [4.69, 9.17) is 11.5 Å². The van der Waals surface area contributed by atoms with Crippen molar-refractivity contribution in [3.63, 3.8) is 0 Å². The lowest BCUT2D eigenvalue weighted by molar-refractivity contribution is 0.0995. The van der Waals surface area contributed by atoms with Gasteiger partial charge in [-0.15, -0.1) is 0 Å². The zero-order chi connectivity index (χ0) is 11.1. The molecule has 1 aromatic heterocycles. The lowest BCUT2D eigenvalue weighted by Gasteiger charge is -2.14. The predicted molar refractivity (Wildman–Crippen MR) is 58.4 cm³/mol. The predicted octanol–water partition coefficient (Wildman–Crippen LogP) is 0.727. The first kappa shape index (κ1) is 9.76. The van der Waals surface area contributed by atoms with Gasteiger partial charge >= 0.3 is 0 Å². The second-order valence-electron chi connectivity index (χ2n) is 4.18. The molecular formula is C10H14N4O. The van der Waals surface area contributed by atoms with Crippen molar-refractivity contribution < 1.29 is 4.79 Å². The largest absolute Gasteiger partial charge is 0.396 e. The smallest absolute Gasteiger partial charge is 0.267 e. The van der Waals surface area contributed by atoms with Crippen molar-refractivity contribution in [2.45, 2.75) is 25.3 Å². The number of amides is 1. The molecule has 1 amide bonds. The van der Waals surface area contributed by atoms with E-state index in [1.807, 2.05) is 0 Å². The third-order valence-electron chi connectivity index (χ3n) is 2.60. The number of pyridine rings is 1. The molecule has 5 nitrogen and oxygen atoms in total. The van der Waals surface area contributed by atoms with E-state index >= 15 is 0 Å². The molecule has 80 valence electrons. The average Bonchev–Trinajstić information content (AvgIpc) is 2.87. The highest BCUT2D eigenvalue weighted by Crippen LogP contribution is 2.38. The van der Waals surface area contributed by atoms with Crippen molar-refractivity contribution in [3.05, 3.63) is 17.8 Å². The third kappa shape index (κ3) is 2.01. The van der Waals surface area contributed by atoms with Gasteiger partial charge in [-0.05, 0) is 31.9 Å². The van der Waals surface area contributed by atoms with E-state index in [-0.39, 0.29) is 11.2 Å². The summed E-state index contributed by atoms with van der Waals surface area (Å²) in [5, 5.41) is 3.21. The van der Waals surface area contributed by atoms with E-state index in [2.05, 4.69) is 17.2 Å². The molecule has 1 saturated carbocycles. The molecule has 0 radical (unpaired) electrons. The van der Waals surface area contributed by atoms with Crippen LogP contribution in [-0.2, 0) is 0 Å². The Morgan fingerprint density at radius 2 is 2.20 bits per heavy atom. The van der Waals surface area contributed by atoms with Crippen LogP contribution in [0.3, 0.4) is 0 Å². The number of rotatable bonds is 3. The molecule has 1 aliphatic carbocycles. The third-order valence-corrected chi connectivity index (χ3v) is 2.60. The maximum atomic E-state index is 10.9. The second-order valence-corrected chi connectivity index (χ2v) is 4.18. The number of hydrogen-bond acceptors (Lipinski definition) is 4. The summed E-state index contributed by atoms with van der Waals surface area (Å²) in [6, 6.07) is 3.17. The molecule has 0 bridgehead atoms. The van der Waals surface area contributed by atoms with Gasteiger partial charge in [0.25, 0.3) is 5.91 Å². The Kier molecular flexibility index (Phi) is 2.03. The number of carbonyl (C=O) groups is 1. The Labute approximate surface area is 87.9 Å². The molecule has 1 heterocycles. The molecule has 0 atom stereocenters. The first-order valence-electron chi connectivity index (χ1n) is 4.85. The Morgan fingerprint density at radius 1 is 1.53 bits per heavy atom. The monoisotopic (exact) mass is 206 g/mol. The van der Waals surface area contributed by atoms with Gasteiger partial charge in [0.05, 0.1) is 5.69 Å². The molecule has 2 rings (SSSR count). The number of hydrogen-bond donors (Lipinski definition) is 3. The fraction of sp³-hybridized carbons (Fsp3) is 0.400. The Morgan fingerprint density at radius 3 is 2.73 bits per heavy atom. The van der Waals surface area contributed by atoms with E-state index in [1.165, 1.54) is 6.07 Å². The van der Waals surface area contributed by atoms with Crippen molar-refractivity contribution in [1.82, 2.24) is 4.98 Å². The fourth-order valence-corrected chi connectivity index (χ4v) is 1.31. The number of primary amides is 1. The summed E-state index contributed by atoms with van der Waals surface area (Å²) < 4.78 is 0. The minimum absolute atomic E-state index is 0.0807. The number of nitrogens with two attached hydrogens (primary N) is 2. The molecule has 1 aromatic rings. The maximum Gasteiger partial charge on any atom is 0.267 e. The fourth-order valence-electron chi connectivity index (χ4n) is 1.31. The SMILES string of the molecule is CC1(Nc2nc(C(N)=O)ccc2N)CC1. The molecule has 0 spiro atoms. The molecule has 0 aliphatic heterocycles. The number of anilines is 2. The van der Waals surface area contributed by atoms with E-state index in [1.54, 1.807) is 6.07 Å². The second kappa shape index (κ2) is 3.12. The first-order chi connectivity index (χ1) is 7.00. The van der Waals surface area contributed by atoms with E-state index in [0.29, 0.717) is 11.5 Å². The lowest BCUT2D eigenvalue weighted by atomic mass is 10.2. The van der Waals surface area contributed by atoms with Gasteiger partial charge in [0, 0.05) is 5.54 Å². The summed E-state index contributed by atoms with van der Waals surface area (Å²) in [4.78, 5) is 15.0. The van der Waals surface area contributed by atoms with Crippen LogP contribution in [0.15, 0.2) is 12.1 Å². The average molecular weight is 206 g/mol. The van der Waals surface area contributed by atoms with E-state index in [9.17, 15) is 4.79 Å². The molecule has 5 heteroatoms. The number of aromatic nitrogens is 1. The van der Waals surface area contributed by atoms with Crippen LogP contribution in [0.4, 0.5) is 11.5 Å². The molecule has 15 heavy (non-hydrogen) atoms. The van der Waals surface area contributed by atoms with Gasteiger partial charge in [-0.25, -0.2) is 4.98 Å². The van der Waals surface area contributed by atoms with Crippen LogP contribution < -0.4 is 16.8 Å². The van der Waals surface area contributed by atoms with Crippen LogP contribution in [0.5, 0.6) is 0 Å². The Balaban J connectivity index is 2.28. The molecular weight excluding hydrogens is 192 g/mol. The number of carbonyl (C=O) groups excluding carboxylic acids is 1. The normalized spacial score (nSPS) is 17.1.